The molecule has 0 radical (unpaired) electrons. The van der Waals surface area contributed by atoms with E-state index in [9.17, 15) is 39.6 Å². The first-order valence-corrected chi connectivity index (χ1v) is 13.4. The quantitative estimate of drug-likeness (QED) is 0.193. The van der Waals surface area contributed by atoms with Crippen LogP contribution >= 0.6 is 0 Å². The molecule has 1 fully saturated rings. The number of hydrogen-bond acceptors (Lipinski definition) is 10. The van der Waals surface area contributed by atoms with E-state index in [-0.39, 0.29) is 48.2 Å². The van der Waals surface area contributed by atoms with Gasteiger partial charge in [0.05, 0.1) is 23.8 Å². The number of aliphatic hydroxyl groups excluding tert-OH is 2. The van der Waals surface area contributed by atoms with Crippen molar-refractivity contribution >= 4 is 29.1 Å². The second-order valence-corrected chi connectivity index (χ2v) is 11.4. The zero-order valence-electron chi connectivity index (χ0n) is 22.4. The van der Waals surface area contributed by atoms with E-state index in [0.29, 0.717) is 5.56 Å². The van der Waals surface area contributed by atoms with E-state index in [1.165, 1.54) is 4.90 Å². The molecule has 1 aromatic rings. The molecule has 40 heavy (non-hydrogen) atoms. The molecule has 0 spiro atoms. The predicted molar refractivity (Wildman–Crippen MR) is 143 cm³/mol. The third kappa shape index (κ3) is 4.13. The highest BCUT2D eigenvalue weighted by molar-refractivity contribution is 6.24. The van der Waals surface area contributed by atoms with Crippen LogP contribution in [0, 0.1) is 11.8 Å². The van der Waals surface area contributed by atoms with Crippen molar-refractivity contribution in [3.8, 4) is 5.75 Å². The number of nitrogens with one attached hydrogen (secondary N) is 2. The summed E-state index contributed by atoms with van der Waals surface area (Å²) >= 11 is 0. The van der Waals surface area contributed by atoms with Crippen LogP contribution in [0.2, 0.25) is 0 Å². The fourth-order valence-electron chi connectivity index (χ4n) is 6.89. The Morgan fingerprint density at radius 3 is 2.42 bits per heavy atom. The maximum atomic E-state index is 13.8. The Morgan fingerprint density at radius 1 is 1.12 bits per heavy atom. The molecule has 4 aliphatic rings. The number of allylic oxidation sites excluding steroid dienone is 1. The SMILES string of the molecule is CN(C)[C@@H]1C(O)=C(C(N)=O)C(=O)C2(O)C(O)=C3C(=O)c4c(ccc(NCC(=O)NC5CCCC5)c4O)CC3CC12. The summed E-state index contributed by atoms with van der Waals surface area (Å²) in [6.07, 6.45) is 4.19. The molecule has 12 nitrogen and oxygen atoms in total. The second-order valence-electron chi connectivity index (χ2n) is 11.4. The fourth-order valence-corrected chi connectivity index (χ4v) is 6.89. The van der Waals surface area contributed by atoms with Crippen LogP contribution in [0.25, 0.3) is 0 Å². The molecule has 0 aliphatic heterocycles. The second kappa shape index (κ2) is 9.93. The first-order chi connectivity index (χ1) is 18.9. The van der Waals surface area contributed by atoms with Crippen LogP contribution in [-0.2, 0) is 20.8 Å². The van der Waals surface area contributed by atoms with Gasteiger partial charge in [-0.3, -0.25) is 24.1 Å². The molecule has 0 aromatic heterocycles. The van der Waals surface area contributed by atoms with Gasteiger partial charge in [0.25, 0.3) is 5.91 Å². The number of ketones is 2. The number of benzene rings is 1. The lowest BCUT2D eigenvalue weighted by molar-refractivity contribution is -0.148. The summed E-state index contributed by atoms with van der Waals surface area (Å²) in [6.45, 7) is -0.124. The Hall–Kier alpha value is -3.90. The first kappa shape index (κ1) is 27.7. The molecule has 2 amide bonds. The lowest BCUT2D eigenvalue weighted by atomic mass is 9.58. The van der Waals surface area contributed by atoms with Crippen molar-refractivity contribution in [2.45, 2.75) is 56.2 Å². The van der Waals surface area contributed by atoms with Crippen molar-refractivity contribution in [2.24, 2.45) is 17.6 Å². The highest BCUT2D eigenvalue weighted by Crippen LogP contribution is 2.52. The maximum Gasteiger partial charge on any atom is 0.255 e. The molecule has 12 heteroatoms. The molecule has 0 bridgehead atoms. The summed E-state index contributed by atoms with van der Waals surface area (Å²) in [6, 6.07) is 2.30. The Labute approximate surface area is 230 Å². The molecule has 0 heterocycles. The predicted octanol–water partition coefficient (Wildman–Crippen LogP) is 0.591. The van der Waals surface area contributed by atoms with Gasteiger partial charge in [-0.2, -0.15) is 0 Å². The molecular formula is C28H34N4O8. The number of anilines is 1. The molecule has 4 atom stereocenters. The molecule has 1 aromatic carbocycles. The number of hydrogen-bond donors (Lipinski definition) is 7. The van der Waals surface area contributed by atoms with E-state index in [1.54, 1.807) is 26.2 Å². The minimum Gasteiger partial charge on any atom is -0.510 e. The van der Waals surface area contributed by atoms with Crippen molar-refractivity contribution in [1.29, 1.82) is 0 Å². The number of amides is 2. The van der Waals surface area contributed by atoms with E-state index in [4.69, 9.17) is 5.73 Å². The van der Waals surface area contributed by atoms with Gasteiger partial charge in [0, 0.05) is 17.5 Å². The largest absolute Gasteiger partial charge is 0.510 e. The molecule has 5 rings (SSSR count). The lowest BCUT2D eigenvalue weighted by Crippen LogP contribution is -2.63. The smallest absolute Gasteiger partial charge is 0.255 e. The average molecular weight is 555 g/mol. The lowest BCUT2D eigenvalue weighted by Gasteiger charge is -2.50. The molecule has 3 unspecified atom stereocenters. The minimum atomic E-state index is -2.69. The van der Waals surface area contributed by atoms with Crippen LogP contribution in [0.3, 0.4) is 0 Å². The zero-order valence-corrected chi connectivity index (χ0v) is 22.4. The van der Waals surface area contributed by atoms with Gasteiger partial charge in [-0.05, 0) is 57.3 Å². The number of carbonyl (C=O) groups excluding carboxylic acids is 4. The van der Waals surface area contributed by atoms with Crippen LogP contribution in [0.15, 0.2) is 34.8 Å². The third-order valence-electron chi connectivity index (χ3n) is 8.75. The van der Waals surface area contributed by atoms with Crippen molar-refractivity contribution in [3.63, 3.8) is 0 Å². The topological polar surface area (TPSA) is 203 Å². The Bertz CT molecular complexity index is 1380. The number of phenolic OH excluding ortho intramolecular Hbond substituents is 1. The highest BCUT2D eigenvalue weighted by Gasteiger charge is 2.63. The number of carbonyl (C=O) groups is 4. The Balaban J connectivity index is 1.50. The number of Topliss-reactive ketones (excluding diaryl/α,β-unsaturated/α-hetero) is 2. The summed E-state index contributed by atoms with van der Waals surface area (Å²) in [5, 5.41) is 50.6. The van der Waals surface area contributed by atoms with Gasteiger partial charge in [0.2, 0.25) is 11.7 Å². The van der Waals surface area contributed by atoms with Crippen molar-refractivity contribution < 1.29 is 39.6 Å². The van der Waals surface area contributed by atoms with Crippen LogP contribution < -0.4 is 16.4 Å². The van der Waals surface area contributed by atoms with Crippen molar-refractivity contribution in [3.05, 3.63) is 45.9 Å². The van der Waals surface area contributed by atoms with Gasteiger partial charge in [0.1, 0.15) is 22.8 Å². The van der Waals surface area contributed by atoms with Gasteiger partial charge < -0.3 is 36.8 Å². The highest BCUT2D eigenvalue weighted by atomic mass is 16.3. The summed E-state index contributed by atoms with van der Waals surface area (Å²) < 4.78 is 0. The van der Waals surface area contributed by atoms with E-state index < -0.39 is 63.8 Å². The molecule has 1 saturated carbocycles. The van der Waals surface area contributed by atoms with E-state index >= 15 is 0 Å². The van der Waals surface area contributed by atoms with Crippen molar-refractivity contribution in [2.75, 3.05) is 26.0 Å². The number of likely N-dealkylation sites (N-methyl/N-ethyl adjacent to an activating group) is 1. The molecular weight excluding hydrogens is 520 g/mol. The number of nitrogens with zero attached hydrogens (tertiary/aromatic N) is 1. The molecule has 8 N–H and O–H groups in total. The number of rotatable bonds is 6. The summed E-state index contributed by atoms with van der Waals surface area (Å²) in [5.41, 5.74) is 2.12. The fraction of sp³-hybridized carbons (Fsp3) is 0.500. The zero-order chi connectivity index (χ0) is 29.1. The Morgan fingerprint density at radius 2 is 1.80 bits per heavy atom. The summed E-state index contributed by atoms with van der Waals surface area (Å²) in [5.74, 6) is -7.23. The van der Waals surface area contributed by atoms with E-state index in [1.807, 2.05) is 0 Å². The number of primary amides is 1. The normalized spacial score (nSPS) is 28.4. The molecule has 4 aliphatic carbocycles. The molecule has 214 valence electrons. The standard InChI is InChI=1S/C28H34N4O8/c1-32(2)21-15-10-13-9-12-7-8-16(30-11-17(33)31-14-5-3-4-6-14)22(34)18(12)23(35)19(13)25(37)28(15,40)26(38)20(24(21)36)27(29)39/h7-8,13-15,21,30,34,36-37,40H,3-6,9-11H2,1-2H3,(H2,29,39)(H,31,33)/t13?,15?,21-,28?/m0/s1. The van der Waals surface area contributed by atoms with Crippen LogP contribution in [-0.4, -0.2) is 87.0 Å². The van der Waals surface area contributed by atoms with Crippen LogP contribution in [0.5, 0.6) is 5.75 Å². The molecule has 0 saturated heterocycles. The van der Waals surface area contributed by atoms with Gasteiger partial charge >= 0.3 is 0 Å². The number of nitrogens with two attached hydrogens (primary N) is 1. The third-order valence-corrected chi connectivity index (χ3v) is 8.75. The van der Waals surface area contributed by atoms with Gasteiger partial charge in [-0.25, -0.2) is 0 Å². The Kier molecular flexibility index (Phi) is 6.87. The minimum absolute atomic E-state index is 0.0217. The summed E-state index contributed by atoms with van der Waals surface area (Å²) in [4.78, 5) is 53.0. The van der Waals surface area contributed by atoms with Crippen LogP contribution in [0.1, 0.15) is 48.0 Å². The number of aliphatic hydroxyl groups is 3. The maximum absolute atomic E-state index is 13.8. The monoisotopic (exact) mass is 554 g/mol. The average Bonchev–Trinajstić information content (AvgIpc) is 3.38. The van der Waals surface area contributed by atoms with Gasteiger partial charge in [0.15, 0.2) is 11.4 Å². The summed E-state index contributed by atoms with van der Waals surface area (Å²) in [7, 11) is 3.15. The van der Waals surface area contributed by atoms with E-state index in [2.05, 4.69) is 10.6 Å². The number of fused-ring (bicyclic) bond motifs is 3. The van der Waals surface area contributed by atoms with Gasteiger partial charge in [-0.1, -0.05) is 18.9 Å². The van der Waals surface area contributed by atoms with Crippen LogP contribution in [0.4, 0.5) is 5.69 Å². The number of phenols is 1. The first-order valence-electron chi connectivity index (χ1n) is 13.4. The van der Waals surface area contributed by atoms with Gasteiger partial charge in [-0.15, -0.1) is 0 Å². The van der Waals surface area contributed by atoms with E-state index in [0.717, 1.165) is 25.7 Å². The van der Waals surface area contributed by atoms with Crippen molar-refractivity contribution in [1.82, 2.24) is 10.2 Å². The number of aromatic hydroxyl groups is 1.